The van der Waals surface area contributed by atoms with Gasteiger partial charge in [-0.05, 0) is 36.8 Å². The fraction of sp³-hybridized carbons (Fsp3) is 0.0714. The van der Waals surface area contributed by atoms with E-state index in [0.717, 1.165) is 6.07 Å². The number of amides is 1. The van der Waals surface area contributed by atoms with Gasteiger partial charge in [-0.15, -0.1) is 0 Å². The lowest BCUT2D eigenvalue weighted by atomic mass is 10.1. The molecule has 2 aromatic rings. The number of aryl methyl sites for hydroxylation is 1. The minimum Gasteiger partial charge on any atom is -0.320 e. The number of halogens is 4. The minimum absolute atomic E-state index is 0.192. The van der Waals surface area contributed by atoms with Crippen LogP contribution in [0.5, 0.6) is 0 Å². The van der Waals surface area contributed by atoms with E-state index >= 15 is 0 Å². The summed E-state index contributed by atoms with van der Waals surface area (Å²) in [5.74, 6) is -2.69. The van der Waals surface area contributed by atoms with Gasteiger partial charge in [0, 0.05) is 4.47 Å². The fourth-order valence-electron chi connectivity index (χ4n) is 1.64. The second-order valence-electron chi connectivity index (χ2n) is 4.13. The Morgan fingerprint density at radius 2 is 1.95 bits per heavy atom. The molecule has 1 amide bonds. The van der Waals surface area contributed by atoms with Crippen LogP contribution >= 0.6 is 27.5 Å². The summed E-state index contributed by atoms with van der Waals surface area (Å²) in [5.41, 5.74) is -0.163. The van der Waals surface area contributed by atoms with E-state index in [1.54, 1.807) is 18.2 Å². The molecular formula is C14H9BrClF2NO. The van der Waals surface area contributed by atoms with Gasteiger partial charge in [-0.1, -0.05) is 33.6 Å². The minimum atomic E-state index is -0.920. The highest BCUT2D eigenvalue weighted by Gasteiger charge is 2.20. The second-order valence-corrected chi connectivity index (χ2v) is 5.45. The van der Waals surface area contributed by atoms with Crippen molar-refractivity contribution in [3.8, 4) is 0 Å². The Kier molecular flexibility index (Phi) is 4.40. The Balaban J connectivity index is 2.38. The van der Waals surface area contributed by atoms with E-state index in [1.165, 1.54) is 13.0 Å². The van der Waals surface area contributed by atoms with E-state index in [2.05, 4.69) is 21.2 Å². The standard InChI is InChI=1S/C14H9BrClF2NO/c1-7-2-5-10(17)12(13(7)18)14(20)19-11-6-8(15)3-4-9(11)16/h2-6H,1H3,(H,19,20). The summed E-state index contributed by atoms with van der Waals surface area (Å²) in [4.78, 5) is 12.0. The Morgan fingerprint density at radius 3 is 2.65 bits per heavy atom. The van der Waals surface area contributed by atoms with Crippen LogP contribution in [-0.2, 0) is 0 Å². The predicted octanol–water partition coefficient (Wildman–Crippen LogP) is 4.94. The summed E-state index contributed by atoms with van der Waals surface area (Å²) in [7, 11) is 0. The summed E-state index contributed by atoms with van der Waals surface area (Å²) in [6, 6.07) is 7.12. The van der Waals surface area contributed by atoms with Gasteiger partial charge in [0.15, 0.2) is 0 Å². The van der Waals surface area contributed by atoms with Crippen LogP contribution in [0.4, 0.5) is 14.5 Å². The Hall–Kier alpha value is -1.46. The largest absolute Gasteiger partial charge is 0.320 e. The number of rotatable bonds is 2. The van der Waals surface area contributed by atoms with Gasteiger partial charge in [-0.2, -0.15) is 0 Å². The molecule has 0 aliphatic heterocycles. The van der Waals surface area contributed by atoms with Crippen molar-refractivity contribution in [3.05, 3.63) is 62.6 Å². The third kappa shape index (κ3) is 2.99. The molecule has 0 spiro atoms. The Labute approximate surface area is 127 Å². The van der Waals surface area contributed by atoms with Gasteiger partial charge >= 0.3 is 0 Å². The number of anilines is 1. The van der Waals surface area contributed by atoms with Gasteiger partial charge in [-0.3, -0.25) is 4.79 Å². The first kappa shape index (κ1) is 14.9. The molecule has 1 N–H and O–H groups in total. The molecule has 0 saturated heterocycles. The summed E-state index contributed by atoms with van der Waals surface area (Å²) in [6.45, 7) is 1.46. The van der Waals surface area contributed by atoms with Gasteiger partial charge in [0.25, 0.3) is 5.91 Å². The zero-order valence-electron chi connectivity index (χ0n) is 10.3. The Bertz CT molecular complexity index is 691. The van der Waals surface area contributed by atoms with Crippen LogP contribution in [0.25, 0.3) is 0 Å². The third-order valence-corrected chi connectivity index (χ3v) is 3.51. The fourth-order valence-corrected chi connectivity index (χ4v) is 2.17. The molecule has 0 heterocycles. The van der Waals surface area contributed by atoms with Crippen molar-refractivity contribution in [3.63, 3.8) is 0 Å². The van der Waals surface area contributed by atoms with Crippen molar-refractivity contribution >= 4 is 39.1 Å². The van der Waals surface area contributed by atoms with Crippen molar-refractivity contribution in [2.75, 3.05) is 5.32 Å². The number of benzene rings is 2. The molecule has 0 unspecified atom stereocenters. The SMILES string of the molecule is Cc1ccc(F)c(C(=O)Nc2cc(Br)ccc2Cl)c1F. The summed E-state index contributed by atoms with van der Waals surface area (Å²) >= 11 is 9.14. The van der Waals surface area contributed by atoms with Crippen LogP contribution in [0.2, 0.25) is 5.02 Å². The lowest BCUT2D eigenvalue weighted by Crippen LogP contribution is -2.16. The van der Waals surface area contributed by atoms with E-state index in [9.17, 15) is 13.6 Å². The summed E-state index contributed by atoms with van der Waals surface area (Å²) in [5, 5.41) is 2.67. The van der Waals surface area contributed by atoms with E-state index in [1.807, 2.05) is 0 Å². The number of carbonyl (C=O) groups excluding carboxylic acids is 1. The quantitative estimate of drug-likeness (QED) is 0.807. The van der Waals surface area contributed by atoms with Crippen molar-refractivity contribution in [1.29, 1.82) is 0 Å². The lowest BCUT2D eigenvalue weighted by molar-refractivity contribution is 0.101. The maximum atomic E-state index is 13.9. The van der Waals surface area contributed by atoms with Gasteiger partial charge in [0.05, 0.1) is 10.7 Å². The number of nitrogens with one attached hydrogen (secondary N) is 1. The van der Waals surface area contributed by atoms with Crippen LogP contribution in [0, 0.1) is 18.6 Å². The summed E-state index contributed by atoms with van der Waals surface area (Å²) < 4.78 is 28.2. The smallest absolute Gasteiger partial charge is 0.261 e. The molecule has 0 aromatic heterocycles. The van der Waals surface area contributed by atoms with Gasteiger partial charge in [0.2, 0.25) is 0 Å². The molecule has 0 saturated carbocycles. The predicted molar refractivity (Wildman–Crippen MR) is 78.2 cm³/mol. The molecular weight excluding hydrogens is 352 g/mol. The van der Waals surface area contributed by atoms with E-state index in [-0.39, 0.29) is 16.3 Å². The average molecular weight is 361 g/mol. The molecule has 0 fully saturated rings. The maximum absolute atomic E-state index is 13.9. The molecule has 6 heteroatoms. The topological polar surface area (TPSA) is 29.1 Å². The number of carbonyl (C=O) groups is 1. The third-order valence-electron chi connectivity index (χ3n) is 2.69. The number of hydrogen-bond donors (Lipinski definition) is 1. The molecule has 0 bridgehead atoms. The van der Waals surface area contributed by atoms with Crippen LogP contribution in [0.1, 0.15) is 15.9 Å². The molecule has 0 radical (unpaired) electrons. The molecule has 0 aliphatic carbocycles. The van der Waals surface area contributed by atoms with Crippen LogP contribution in [-0.4, -0.2) is 5.91 Å². The van der Waals surface area contributed by atoms with Crippen molar-refractivity contribution in [2.24, 2.45) is 0 Å². The second kappa shape index (κ2) is 5.89. The van der Waals surface area contributed by atoms with Crippen LogP contribution in [0.15, 0.2) is 34.8 Å². The van der Waals surface area contributed by atoms with Gasteiger partial charge < -0.3 is 5.32 Å². The normalized spacial score (nSPS) is 10.4. The highest BCUT2D eigenvalue weighted by atomic mass is 79.9. The molecule has 104 valence electrons. The molecule has 20 heavy (non-hydrogen) atoms. The molecule has 2 aromatic carbocycles. The van der Waals surface area contributed by atoms with E-state index in [0.29, 0.717) is 4.47 Å². The zero-order chi connectivity index (χ0) is 14.9. The Morgan fingerprint density at radius 1 is 1.25 bits per heavy atom. The molecule has 0 aliphatic rings. The summed E-state index contributed by atoms with van der Waals surface area (Å²) in [6.07, 6.45) is 0. The van der Waals surface area contributed by atoms with Gasteiger partial charge in [-0.25, -0.2) is 8.78 Å². The van der Waals surface area contributed by atoms with Crippen molar-refractivity contribution < 1.29 is 13.6 Å². The molecule has 2 nitrogen and oxygen atoms in total. The first-order valence-corrected chi connectivity index (χ1v) is 6.78. The molecule has 2 rings (SSSR count). The van der Waals surface area contributed by atoms with E-state index in [4.69, 9.17) is 11.6 Å². The average Bonchev–Trinajstić information content (AvgIpc) is 2.39. The van der Waals surface area contributed by atoms with E-state index < -0.39 is 23.1 Å². The first-order valence-electron chi connectivity index (χ1n) is 5.61. The monoisotopic (exact) mass is 359 g/mol. The highest BCUT2D eigenvalue weighted by molar-refractivity contribution is 9.10. The molecule has 0 atom stereocenters. The van der Waals surface area contributed by atoms with Crippen LogP contribution < -0.4 is 5.32 Å². The lowest BCUT2D eigenvalue weighted by Gasteiger charge is -2.10. The van der Waals surface area contributed by atoms with Gasteiger partial charge in [0.1, 0.15) is 17.2 Å². The highest BCUT2D eigenvalue weighted by Crippen LogP contribution is 2.27. The first-order chi connectivity index (χ1) is 9.40. The number of hydrogen-bond acceptors (Lipinski definition) is 1. The zero-order valence-corrected chi connectivity index (χ0v) is 12.6. The van der Waals surface area contributed by atoms with Crippen molar-refractivity contribution in [1.82, 2.24) is 0 Å². The maximum Gasteiger partial charge on any atom is 0.261 e. The van der Waals surface area contributed by atoms with Crippen LogP contribution in [0.3, 0.4) is 0 Å². The van der Waals surface area contributed by atoms with Crippen molar-refractivity contribution in [2.45, 2.75) is 6.92 Å².